The summed E-state index contributed by atoms with van der Waals surface area (Å²) >= 11 is 0. The predicted octanol–water partition coefficient (Wildman–Crippen LogP) is 3.72. The first-order valence-electron chi connectivity index (χ1n) is 9.72. The molecule has 0 saturated carbocycles. The Bertz CT molecular complexity index is 1140. The number of nitrogens with zero attached hydrogens (tertiary/aromatic N) is 2. The fraction of sp³-hybridized carbons (Fsp3) is 0.0870. The molecule has 0 radical (unpaired) electrons. The first-order chi connectivity index (χ1) is 15.2. The standard InChI is InChI=1S/C23H21N5O3/c29-22(21-6-2-13-31-21)27-19-9-7-17(8-10-19)15-24-23(30)25-16-18-4-1-5-20(14-18)28-12-3-11-26-28/h1-14H,15-16H2,(H,27,29)(H2,24,25,30). The molecule has 156 valence electrons. The quantitative estimate of drug-likeness (QED) is 0.428. The highest BCUT2D eigenvalue weighted by atomic mass is 16.3. The molecule has 0 fully saturated rings. The van der Waals surface area contributed by atoms with Crippen LogP contribution in [0, 0.1) is 0 Å². The molecule has 0 aliphatic heterocycles. The van der Waals surface area contributed by atoms with Crippen molar-refractivity contribution >= 4 is 17.6 Å². The maximum absolute atomic E-state index is 12.1. The molecule has 0 bridgehead atoms. The number of benzene rings is 2. The number of aromatic nitrogens is 2. The second-order valence-corrected chi connectivity index (χ2v) is 6.79. The highest BCUT2D eigenvalue weighted by Gasteiger charge is 2.08. The van der Waals surface area contributed by atoms with Gasteiger partial charge in [0.1, 0.15) is 0 Å². The number of anilines is 1. The Morgan fingerprint density at radius 3 is 2.42 bits per heavy atom. The average Bonchev–Trinajstić information content (AvgIpc) is 3.52. The van der Waals surface area contributed by atoms with E-state index in [4.69, 9.17) is 4.42 Å². The van der Waals surface area contributed by atoms with Crippen molar-refractivity contribution in [2.45, 2.75) is 13.1 Å². The summed E-state index contributed by atoms with van der Waals surface area (Å²) in [6, 6.07) is 19.9. The number of amides is 3. The highest BCUT2D eigenvalue weighted by Crippen LogP contribution is 2.12. The van der Waals surface area contributed by atoms with Crippen molar-refractivity contribution in [1.29, 1.82) is 0 Å². The third-order valence-corrected chi connectivity index (χ3v) is 4.54. The Morgan fingerprint density at radius 1 is 0.903 bits per heavy atom. The summed E-state index contributed by atoms with van der Waals surface area (Å²) in [4.78, 5) is 24.1. The summed E-state index contributed by atoms with van der Waals surface area (Å²) in [6.45, 7) is 0.768. The number of rotatable bonds is 7. The molecule has 2 aromatic carbocycles. The maximum atomic E-state index is 12.1. The monoisotopic (exact) mass is 415 g/mol. The second kappa shape index (κ2) is 9.45. The van der Waals surface area contributed by atoms with Crippen LogP contribution in [0.4, 0.5) is 10.5 Å². The van der Waals surface area contributed by atoms with Crippen molar-refractivity contribution in [2.24, 2.45) is 0 Å². The molecule has 0 unspecified atom stereocenters. The van der Waals surface area contributed by atoms with Gasteiger partial charge in [0.2, 0.25) is 0 Å². The molecule has 0 aliphatic rings. The van der Waals surface area contributed by atoms with Gasteiger partial charge < -0.3 is 20.4 Å². The number of hydrogen-bond acceptors (Lipinski definition) is 4. The molecule has 2 aromatic heterocycles. The average molecular weight is 415 g/mol. The minimum atomic E-state index is -0.313. The zero-order chi connectivity index (χ0) is 21.5. The van der Waals surface area contributed by atoms with Gasteiger partial charge in [0.25, 0.3) is 5.91 Å². The molecule has 8 nitrogen and oxygen atoms in total. The van der Waals surface area contributed by atoms with Crippen molar-refractivity contribution in [2.75, 3.05) is 5.32 Å². The summed E-state index contributed by atoms with van der Waals surface area (Å²) in [7, 11) is 0. The van der Waals surface area contributed by atoms with Gasteiger partial charge in [0, 0.05) is 31.2 Å². The molecule has 0 aliphatic carbocycles. The van der Waals surface area contributed by atoms with E-state index in [1.807, 2.05) is 48.7 Å². The van der Waals surface area contributed by atoms with E-state index in [0.717, 1.165) is 16.8 Å². The SMILES string of the molecule is O=C(NCc1ccc(NC(=O)c2ccco2)cc1)NCc1cccc(-n2cccn2)c1. The topological polar surface area (TPSA) is 101 Å². The molecule has 3 amide bonds. The Labute approximate surface area is 178 Å². The Hall–Kier alpha value is -4.33. The van der Waals surface area contributed by atoms with Crippen LogP contribution in [0.15, 0.2) is 89.8 Å². The zero-order valence-corrected chi connectivity index (χ0v) is 16.6. The van der Waals surface area contributed by atoms with Gasteiger partial charge in [-0.15, -0.1) is 0 Å². The van der Waals surface area contributed by atoms with Crippen LogP contribution < -0.4 is 16.0 Å². The first-order valence-corrected chi connectivity index (χ1v) is 9.72. The minimum absolute atomic E-state index is 0.248. The molecule has 4 rings (SSSR count). The van der Waals surface area contributed by atoms with Gasteiger partial charge in [-0.25, -0.2) is 9.48 Å². The molecular weight excluding hydrogens is 394 g/mol. The van der Waals surface area contributed by atoms with Crippen LogP contribution in [0.1, 0.15) is 21.7 Å². The molecule has 0 atom stereocenters. The van der Waals surface area contributed by atoms with Crippen LogP contribution in [0.5, 0.6) is 0 Å². The Kier molecular flexibility index (Phi) is 6.08. The molecule has 0 saturated heterocycles. The summed E-state index contributed by atoms with van der Waals surface area (Å²) in [6.07, 6.45) is 5.04. The van der Waals surface area contributed by atoms with E-state index in [9.17, 15) is 9.59 Å². The lowest BCUT2D eigenvalue weighted by Gasteiger charge is -2.10. The van der Waals surface area contributed by atoms with Gasteiger partial charge >= 0.3 is 6.03 Å². The van der Waals surface area contributed by atoms with Crippen LogP contribution in [0.2, 0.25) is 0 Å². The molecule has 2 heterocycles. The fourth-order valence-electron chi connectivity index (χ4n) is 2.96. The van der Waals surface area contributed by atoms with Crippen molar-refractivity contribution in [1.82, 2.24) is 20.4 Å². The summed E-state index contributed by atoms with van der Waals surface area (Å²) in [5, 5.41) is 12.6. The largest absolute Gasteiger partial charge is 0.459 e. The number of nitrogens with one attached hydrogen (secondary N) is 3. The lowest BCUT2D eigenvalue weighted by Crippen LogP contribution is -2.34. The normalized spacial score (nSPS) is 10.5. The lowest BCUT2D eigenvalue weighted by atomic mass is 10.2. The van der Waals surface area contributed by atoms with Crippen LogP contribution in [-0.4, -0.2) is 21.7 Å². The molecule has 8 heteroatoms. The van der Waals surface area contributed by atoms with Crippen LogP contribution in [0.25, 0.3) is 5.69 Å². The van der Waals surface area contributed by atoms with E-state index in [0.29, 0.717) is 18.8 Å². The smallest absolute Gasteiger partial charge is 0.315 e. The third-order valence-electron chi connectivity index (χ3n) is 4.54. The zero-order valence-electron chi connectivity index (χ0n) is 16.6. The highest BCUT2D eigenvalue weighted by molar-refractivity contribution is 6.02. The van der Waals surface area contributed by atoms with E-state index >= 15 is 0 Å². The number of carbonyl (C=O) groups excluding carboxylic acids is 2. The van der Waals surface area contributed by atoms with Gasteiger partial charge in [-0.1, -0.05) is 24.3 Å². The summed E-state index contributed by atoms with van der Waals surface area (Å²) < 4.78 is 6.83. The van der Waals surface area contributed by atoms with E-state index in [1.54, 1.807) is 35.1 Å². The second-order valence-electron chi connectivity index (χ2n) is 6.79. The van der Waals surface area contributed by atoms with E-state index < -0.39 is 0 Å². The minimum Gasteiger partial charge on any atom is -0.459 e. The van der Waals surface area contributed by atoms with E-state index in [1.165, 1.54) is 6.26 Å². The van der Waals surface area contributed by atoms with E-state index in [-0.39, 0.29) is 17.7 Å². The fourth-order valence-corrected chi connectivity index (χ4v) is 2.96. The van der Waals surface area contributed by atoms with Crippen molar-refractivity contribution < 1.29 is 14.0 Å². The van der Waals surface area contributed by atoms with Crippen LogP contribution in [-0.2, 0) is 13.1 Å². The summed E-state index contributed by atoms with van der Waals surface area (Å²) in [5.74, 6) is -0.0653. The number of urea groups is 1. The molecule has 3 N–H and O–H groups in total. The van der Waals surface area contributed by atoms with Crippen LogP contribution >= 0.6 is 0 Å². The van der Waals surface area contributed by atoms with Gasteiger partial charge in [-0.05, 0) is 53.6 Å². The number of furan rings is 1. The van der Waals surface area contributed by atoms with Gasteiger partial charge in [0.05, 0.1) is 12.0 Å². The van der Waals surface area contributed by atoms with Crippen molar-refractivity contribution in [3.63, 3.8) is 0 Å². The number of hydrogen-bond donors (Lipinski definition) is 3. The Morgan fingerprint density at radius 2 is 1.71 bits per heavy atom. The maximum Gasteiger partial charge on any atom is 0.315 e. The molecular formula is C23H21N5O3. The Balaban J connectivity index is 1.23. The summed E-state index contributed by atoms with van der Waals surface area (Å²) in [5.41, 5.74) is 3.46. The number of carbonyl (C=O) groups is 2. The lowest BCUT2D eigenvalue weighted by molar-refractivity contribution is 0.0996. The third kappa shape index (κ3) is 5.39. The van der Waals surface area contributed by atoms with Crippen LogP contribution in [0.3, 0.4) is 0 Å². The first kappa shape index (κ1) is 20.0. The van der Waals surface area contributed by atoms with Gasteiger partial charge in [-0.2, -0.15) is 5.10 Å². The van der Waals surface area contributed by atoms with E-state index in [2.05, 4.69) is 21.0 Å². The van der Waals surface area contributed by atoms with Crippen molar-refractivity contribution in [3.05, 3.63) is 102 Å². The predicted molar refractivity (Wildman–Crippen MR) is 116 cm³/mol. The van der Waals surface area contributed by atoms with Gasteiger partial charge in [-0.3, -0.25) is 4.79 Å². The van der Waals surface area contributed by atoms with Crippen molar-refractivity contribution in [3.8, 4) is 5.69 Å². The van der Waals surface area contributed by atoms with Gasteiger partial charge in [0.15, 0.2) is 5.76 Å². The molecule has 4 aromatic rings. The molecule has 0 spiro atoms. The molecule has 31 heavy (non-hydrogen) atoms.